The van der Waals surface area contributed by atoms with Gasteiger partial charge in [-0.05, 0) is 31.2 Å². The SMILES string of the molecule is CCC(CC)CNC(=O)c1cnc2[nH]ncc2c1C(C)NC1CCN(C(C)=O)CC1. The van der Waals surface area contributed by atoms with Gasteiger partial charge in [0.15, 0.2) is 5.65 Å². The van der Waals surface area contributed by atoms with E-state index in [0.717, 1.165) is 49.7 Å². The molecular formula is C22H34N6O2. The molecule has 2 amide bonds. The Morgan fingerprint density at radius 1 is 1.23 bits per heavy atom. The summed E-state index contributed by atoms with van der Waals surface area (Å²) in [7, 11) is 0. The maximum absolute atomic E-state index is 13.0. The van der Waals surface area contributed by atoms with Gasteiger partial charge < -0.3 is 15.5 Å². The van der Waals surface area contributed by atoms with Crippen LogP contribution in [0.5, 0.6) is 0 Å². The second-order valence-corrected chi connectivity index (χ2v) is 8.28. The molecule has 1 aliphatic heterocycles. The molecule has 1 atom stereocenters. The van der Waals surface area contributed by atoms with Gasteiger partial charge in [-0.25, -0.2) is 4.98 Å². The molecule has 8 heteroatoms. The molecule has 0 aromatic carbocycles. The maximum Gasteiger partial charge on any atom is 0.253 e. The third-order valence-electron chi connectivity index (χ3n) is 6.33. The van der Waals surface area contributed by atoms with E-state index in [1.807, 2.05) is 4.90 Å². The highest BCUT2D eigenvalue weighted by Crippen LogP contribution is 2.27. The van der Waals surface area contributed by atoms with E-state index in [0.29, 0.717) is 29.7 Å². The zero-order valence-corrected chi connectivity index (χ0v) is 18.5. The fraction of sp³-hybridized carbons (Fsp3) is 0.636. The second kappa shape index (κ2) is 10.0. The number of piperidine rings is 1. The van der Waals surface area contributed by atoms with Gasteiger partial charge in [0.1, 0.15) is 0 Å². The topological polar surface area (TPSA) is 103 Å². The zero-order valence-electron chi connectivity index (χ0n) is 18.5. The lowest BCUT2D eigenvalue weighted by molar-refractivity contribution is -0.129. The fourth-order valence-corrected chi connectivity index (χ4v) is 4.27. The highest BCUT2D eigenvalue weighted by atomic mass is 16.2. The van der Waals surface area contributed by atoms with Crippen molar-refractivity contribution in [1.29, 1.82) is 0 Å². The number of aromatic amines is 1. The summed E-state index contributed by atoms with van der Waals surface area (Å²) in [5.74, 6) is 0.518. The van der Waals surface area contributed by atoms with E-state index in [1.165, 1.54) is 0 Å². The smallest absolute Gasteiger partial charge is 0.253 e. The lowest BCUT2D eigenvalue weighted by Crippen LogP contribution is -2.45. The normalized spacial score (nSPS) is 16.2. The van der Waals surface area contributed by atoms with E-state index in [-0.39, 0.29) is 17.9 Å². The summed E-state index contributed by atoms with van der Waals surface area (Å²) in [5.41, 5.74) is 2.20. The van der Waals surface area contributed by atoms with E-state index >= 15 is 0 Å². The Labute approximate surface area is 178 Å². The Bertz CT molecular complexity index is 868. The molecule has 3 heterocycles. The van der Waals surface area contributed by atoms with Crippen LogP contribution < -0.4 is 10.6 Å². The molecule has 2 aromatic rings. The number of carbonyl (C=O) groups is 2. The fourth-order valence-electron chi connectivity index (χ4n) is 4.27. The van der Waals surface area contributed by atoms with Crippen LogP contribution >= 0.6 is 0 Å². The minimum absolute atomic E-state index is 0.0455. The van der Waals surface area contributed by atoms with E-state index in [2.05, 4.69) is 46.6 Å². The van der Waals surface area contributed by atoms with E-state index in [4.69, 9.17) is 0 Å². The number of pyridine rings is 1. The van der Waals surface area contributed by atoms with Crippen molar-refractivity contribution in [3.63, 3.8) is 0 Å². The monoisotopic (exact) mass is 414 g/mol. The van der Waals surface area contributed by atoms with Crippen molar-refractivity contribution in [3.8, 4) is 0 Å². The van der Waals surface area contributed by atoms with Crippen molar-refractivity contribution >= 4 is 22.8 Å². The third kappa shape index (κ3) is 4.98. The first-order valence-electron chi connectivity index (χ1n) is 11.1. The molecule has 0 saturated carbocycles. The molecule has 0 radical (unpaired) electrons. The number of carbonyl (C=O) groups excluding carboxylic acids is 2. The number of likely N-dealkylation sites (tertiary alicyclic amines) is 1. The summed E-state index contributed by atoms with van der Waals surface area (Å²) in [6.07, 6.45) is 7.28. The number of nitrogens with one attached hydrogen (secondary N) is 3. The van der Waals surface area contributed by atoms with Gasteiger partial charge in [-0.15, -0.1) is 0 Å². The van der Waals surface area contributed by atoms with Crippen LogP contribution in [-0.2, 0) is 4.79 Å². The van der Waals surface area contributed by atoms with Crippen molar-refractivity contribution in [1.82, 2.24) is 30.7 Å². The molecule has 8 nitrogen and oxygen atoms in total. The van der Waals surface area contributed by atoms with Crippen molar-refractivity contribution in [3.05, 3.63) is 23.5 Å². The molecule has 1 unspecified atom stereocenters. The average molecular weight is 415 g/mol. The summed E-state index contributed by atoms with van der Waals surface area (Å²) in [6, 6.07) is 0.252. The Kier molecular flexibility index (Phi) is 7.42. The lowest BCUT2D eigenvalue weighted by atomic mass is 9.96. The summed E-state index contributed by atoms with van der Waals surface area (Å²) < 4.78 is 0. The number of hydrogen-bond acceptors (Lipinski definition) is 5. The first-order valence-corrected chi connectivity index (χ1v) is 11.1. The largest absolute Gasteiger partial charge is 0.352 e. The van der Waals surface area contributed by atoms with Crippen LogP contribution in [0.25, 0.3) is 11.0 Å². The van der Waals surface area contributed by atoms with Crippen LogP contribution in [-0.4, -0.2) is 57.6 Å². The van der Waals surface area contributed by atoms with E-state index in [1.54, 1.807) is 19.3 Å². The van der Waals surface area contributed by atoms with Crippen LogP contribution in [0.4, 0.5) is 0 Å². The van der Waals surface area contributed by atoms with Gasteiger partial charge in [0.25, 0.3) is 5.91 Å². The predicted molar refractivity (Wildman–Crippen MR) is 117 cm³/mol. The molecule has 0 aliphatic carbocycles. The molecule has 1 saturated heterocycles. The van der Waals surface area contributed by atoms with Crippen LogP contribution in [0.2, 0.25) is 0 Å². The molecule has 3 rings (SSSR count). The number of nitrogens with zero attached hydrogens (tertiary/aromatic N) is 3. The number of aromatic nitrogens is 3. The number of fused-ring (bicyclic) bond motifs is 1. The van der Waals surface area contributed by atoms with Gasteiger partial charge in [-0.3, -0.25) is 14.7 Å². The number of H-pyrrole nitrogens is 1. The van der Waals surface area contributed by atoms with Crippen molar-refractivity contribution in [2.45, 2.75) is 65.5 Å². The van der Waals surface area contributed by atoms with Crippen molar-refractivity contribution in [2.24, 2.45) is 5.92 Å². The lowest BCUT2D eigenvalue weighted by Gasteiger charge is -2.33. The second-order valence-electron chi connectivity index (χ2n) is 8.28. The Balaban J connectivity index is 1.77. The van der Waals surface area contributed by atoms with Gasteiger partial charge in [0.2, 0.25) is 5.91 Å². The Morgan fingerprint density at radius 2 is 1.93 bits per heavy atom. The van der Waals surface area contributed by atoms with Crippen LogP contribution in [0.15, 0.2) is 12.4 Å². The standard InChI is InChI=1S/C22H34N6O2/c1-5-16(6-2)11-24-22(30)19-12-23-21-18(13-25-27-21)20(19)14(3)26-17-7-9-28(10-8-17)15(4)29/h12-14,16-17,26H,5-11H2,1-4H3,(H,24,30)(H,23,25,27). The average Bonchev–Trinajstić information content (AvgIpc) is 3.22. The number of hydrogen-bond donors (Lipinski definition) is 3. The molecule has 1 aliphatic rings. The van der Waals surface area contributed by atoms with Gasteiger partial charge in [-0.1, -0.05) is 26.7 Å². The van der Waals surface area contributed by atoms with Gasteiger partial charge in [-0.2, -0.15) is 5.10 Å². The molecule has 3 N–H and O–H groups in total. The Morgan fingerprint density at radius 3 is 2.57 bits per heavy atom. The zero-order chi connectivity index (χ0) is 21.7. The van der Waals surface area contributed by atoms with E-state index in [9.17, 15) is 9.59 Å². The van der Waals surface area contributed by atoms with Crippen LogP contribution in [0.3, 0.4) is 0 Å². The predicted octanol–water partition coefficient (Wildman–Crippen LogP) is 2.79. The minimum atomic E-state index is -0.0902. The highest BCUT2D eigenvalue weighted by Gasteiger charge is 2.26. The quantitative estimate of drug-likeness (QED) is 0.616. The summed E-state index contributed by atoms with van der Waals surface area (Å²) in [5, 5.41) is 14.7. The molecule has 0 bridgehead atoms. The molecule has 0 spiro atoms. The van der Waals surface area contributed by atoms with Crippen molar-refractivity contribution < 1.29 is 9.59 Å². The van der Waals surface area contributed by atoms with Crippen LogP contribution in [0.1, 0.15) is 75.3 Å². The summed E-state index contributed by atoms with van der Waals surface area (Å²) in [4.78, 5) is 30.9. The van der Waals surface area contributed by atoms with Gasteiger partial charge in [0, 0.05) is 50.2 Å². The number of amides is 2. The van der Waals surface area contributed by atoms with Gasteiger partial charge in [0.05, 0.1) is 11.8 Å². The van der Waals surface area contributed by atoms with Crippen molar-refractivity contribution in [2.75, 3.05) is 19.6 Å². The molecular weight excluding hydrogens is 380 g/mol. The molecule has 2 aromatic heterocycles. The minimum Gasteiger partial charge on any atom is -0.352 e. The first kappa shape index (κ1) is 22.2. The summed E-state index contributed by atoms with van der Waals surface area (Å²) in [6.45, 7) is 10.2. The van der Waals surface area contributed by atoms with E-state index < -0.39 is 0 Å². The van der Waals surface area contributed by atoms with Crippen LogP contribution in [0, 0.1) is 5.92 Å². The summed E-state index contributed by atoms with van der Waals surface area (Å²) >= 11 is 0. The highest BCUT2D eigenvalue weighted by molar-refractivity contribution is 5.99. The third-order valence-corrected chi connectivity index (χ3v) is 6.33. The number of rotatable bonds is 8. The first-order chi connectivity index (χ1) is 14.4. The molecule has 30 heavy (non-hydrogen) atoms. The molecule has 1 fully saturated rings. The maximum atomic E-state index is 13.0. The molecule has 164 valence electrons. The Hall–Kier alpha value is -2.48. The van der Waals surface area contributed by atoms with Gasteiger partial charge >= 0.3 is 0 Å².